The predicted octanol–water partition coefficient (Wildman–Crippen LogP) is 2.45. The van der Waals surface area contributed by atoms with Crippen molar-refractivity contribution < 1.29 is 24.2 Å². The van der Waals surface area contributed by atoms with E-state index in [1.807, 2.05) is 0 Å². The number of anilines is 1. The topological polar surface area (TPSA) is 92.7 Å². The quantitative estimate of drug-likeness (QED) is 0.813. The molecule has 0 bridgehead atoms. The molecule has 0 saturated carbocycles. The summed E-state index contributed by atoms with van der Waals surface area (Å²) in [6.45, 7) is 5.34. The van der Waals surface area contributed by atoms with E-state index in [1.165, 1.54) is 0 Å². The number of hydrogen-bond acceptors (Lipinski definition) is 4. The standard InChI is InChI=1S/C15H19NO5/c1-15(2,3)21-14(20)10-4-6-11(7-5-10)16-12(17)8-9-13(18)19/h4-7H,8-9H2,1-3H3,(H,16,17)(H,18,19). The van der Waals surface area contributed by atoms with Crippen LogP contribution < -0.4 is 5.32 Å². The fourth-order valence-corrected chi connectivity index (χ4v) is 1.47. The number of benzene rings is 1. The summed E-state index contributed by atoms with van der Waals surface area (Å²) >= 11 is 0. The highest BCUT2D eigenvalue weighted by Crippen LogP contribution is 2.15. The summed E-state index contributed by atoms with van der Waals surface area (Å²) in [5.74, 6) is -1.85. The van der Waals surface area contributed by atoms with Crippen molar-refractivity contribution in [1.82, 2.24) is 0 Å². The molecule has 0 aromatic heterocycles. The predicted molar refractivity (Wildman–Crippen MR) is 77.1 cm³/mol. The SMILES string of the molecule is CC(C)(C)OC(=O)c1ccc(NC(=O)CCC(=O)O)cc1. The van der Waals surface area contributed by atoms with Crippen LogP contribution >= 0.6 is 0 Å². The Morgan fingerprint density at radius 3 is 2.14 bits per heavy atom. The number of hydrogen-bond donors (Lipinski definition) is 2. The third-order valence-corrected chi connectivity index (χ3v) is 2.37. The normalized spacial score (nSPS) is 10.8. The lowest BCUT2D eigenvalue weighted by atomic mass is 10.1. The summed E-state index contributed by atoms with van der Waals surface area (Å²) in [5, 5.41) is 11.0. The number of amides is 1. The van der Waals surface area contributed by atoms with Gasteiger partial charge in [-0.1, -0.05) is 0 Å². The Labute approximate surface area is 123 Å². The Balaban J connectivity index is 2.60. The summed E-state index contributed by atoms with van der Waals surface area (Å²) in [7, 11) is 0. The van der Waals surface area contributed by atoms with Crippen LogP contribution in [0.3, 0.4) is 0 Å². The smallest absolute Gasteiger partial charge is 0.338 e. The number of nitrogens with one attached hydrogen (secondary N) is 1. The number of aliphatic carboxylic acids is 1. The van der Waals surface area contributed by atoms with Crippen LogP contribution in [0.25, 0.3) is 0 Å². The third-order valence-electron chi connectivity index (χ3n) is 2.37. The van der Waals surface area contributed by atoms with Crippen molar-refractivity contribution >= 4 is 23.5 Å². The molecular formula is C15H19NO5. The van der Waals surface area contributed by atoms with Crippen LogP contribution in [0.2, 0.25) is 0 Å². The van der Waals surface area contributed by atoms with E-state index in [2.05, 4.69) is 5.32 Å². The lowest BCUT2D eigenvalue weighted by molar-refractivity contribution is -0.138. The van der Waals surface area contributed by atoms with Gasteiger partial charge in [-0.3, -0.25) is 9.59 Å². The minimum absolute atomic E-state index is 0.0941. The van der Waals surface area contributed by atoms with E-state index < -0.39 is 17.5 Å². The van der Waals surface area contributed by atoms with E-state index in [-0.39, 0.29) is 18.7 Å². The van der Waals surface area contributed by atoms with E-state index in [0.29, 0.717) is 11.3 Å². The summed E-state index contributed by atoms with van der Waals surface area (Å²) in [5.41, 5.74) is 0.312. The molecule has 114 valence electrons. The van der Waals surface area contributed by atoms with Gasteiger partial charge in [-0.25, -0.2) is 4.79 Å². The minimum atomic E-state index is -1.02. The first-order chi connectivity index (χ1) is 9.67. The molecule has 0 fully saturated rings. The van der Waals surface area contributed by atoms with Crippen molar-refractivity contribution in [2.75, 3.05) is 5.32 Å². The number of ether oxygens (including phenoxy) is 1. The Kier molecular flexibility index (Phi) is 5.46. The highest BCUT2D eigenvalue weighted by atomic mass is 16.6. The first kappa shape index (κ1) is 16.7. The highest BCUT2D eigenvalue weighted by molar-refractivity contribution is 5.94. The molecule has 0 heterocycles. The Morgan fingerprint density at radius 2 is 1.67 bits per heavy atom. The molecule has 21 heavy (non-hydrogen) atoms. The van der Waals surface area contributed by atoms with Crippen LogP contribution in [0.1, 0.15) is 44.0 Å². The molecule has 0 radical (unpaired) electrons. The van der Waals surface area contributed by atoms with Crippen LogP contribution in [0.5, 0.6) is 0 Å². The van der Waals surface area contributed by atoms with Gasteiger partial charge in [0, 0.05) is 12.1 Å². The van der Waals surface area contributed by atoms with Crippen LogP contribution in [0.15, 0.2) is 24.3 Å². The molecule has 6 nitrogen and oxygen atoms in total. The number of carboxylic acid groups (broad SMARTS) is 1. The number of carbonyl (C=O) groups excluding carboxylic acids is 2. The van der Waals surface area contributed by atoms with Crippen molar-refractivity contribution in [2.24, 2.45) is 0 Å². The fraction of sp³-hybridized carbons (Fsp3) is 0.400. The maximum Gasteiger partial charge on any atom is 0.338 e. The van der Waals surface area contributed by atoms with E-state index in [1.54, 1.807) is 45.0 Å². The lowest BCUT2D eigenvalue weighted by Crippen LogP contribution is -2.23. The maximum atomic E-state index is 11.8. The molecule has 0 atom stereocenters. The number of esters is 1. The van der Waals surface area contributed by atoms with Crippen LogP contribution in [0, 0.1) is 0 Å². The largest absolute Gasteiger partial charge is 0.481 e. The highest BCUT2D eigenvalue weighted by Gasteiger charge is 2.17. The zero-order valence-electron chi connectivity index (χ0n) is 12.3. The zero-order valence-corrected chi connectivity index (χ0v) is 12.3. The van der Waals surface area contributed by atoms with Crippen molar-refractivity contribution in [1.29, 1.82) is 0 Å². The lowest BCUT2D eigenvalue weighted by Gasteiger charge is -2.19. The average molecular weight is 293 g/mol. The second-order valence-corrected chi connectivity index (χ2v) is 5.52. The molecule has 0 aliphatic rings. The summed E-state index contributed by atoms with van der Waals surface area (Å²) in [6.07, 6.45) is -0.315. The molecule has 2 N–H and O–H groups in total. The number of carbonyl (C=O) groups is 3. The first-order valence-electron chi connectivity index (χ1n) is 6.52. The number of carboxylic acids is 1. The van der Waals surface area contributed by atoms with Gasteiger partial charge < -0.3 is 15.2 Å². The molecule has 1 rings (SSSR count). The van der Waals surface area contributed by atoms with Crippen molar-refractivity contribution in [3.05, 3.63) is 29.8 Å². The second-order valence-electron chi connectivity index (χ2n) is 5.52. The van der Waals surface area contributed by atoms with Crippen LogP contribution in [-0.4, -0.2) is 28.6 Å². The van der Waals surface area contributed by atoms with Crippen molar-refractivity contribution in [2.45, 2.75) is 39.2 Å². The van der Waals surface area contributed by atoms with Crippen molar-refractivity contribution in [3.63, 3.8) is 0 Å². The third kappa shape index (κ3) is 6.56. The number of rotatable bonds is 5. The minimum Gasteiger partial charge on any atom is -0.481 e. The molecule has 0 unspecified atom stereocenters. The maximum absolute atomic E-state index is 11.8. The zero-order chi connectivity index (χ0) is 16.0. The van der Waals surface area contributed by atoms with Gasteiger partial charge >= 0.3 is 11.9 Å². The fourth-order valence-electron chi connectivity index (χ4n) is 1.47. The van der Waals surface area contributed by atoms with Gasteiger partial charge in [-0.05, 0) is 45.0 Å². The van der Waals surface area contributed by atoms with Crippen molar-refractivity contribution in [3.8, 4) is 0 Å². The molecule has 1 aromatic rings. The van der Waals surface area contributed by atoms with E-state index in [4.69, 9.17) is 9.84 Å². The van der Waals surface area contributed by atoms with Gasteiger partial charge in [0.25, 0.3) is 0 Å². The van der Waals surface area contributed by atoms with Gasteiger partial charge in [0.1, 0.15) is 5.60 Å². The molecular weight excluding hydrogens is 274 g/mol. The average Bonchev–Trinajstić information content (AvgIpc) is 2.35. The molecule has 0 aliphatic carbocycles. The molecule has 1 amide bonds. The molecule has 6 heteroatoms. The van der Waals surface area contributed by atoms with Crippen LogP contribution in [0.4, 0.5) is 5.69 Å². The monoisotopic (exact) mass is 293 g/mol. The van der Waals surface area contributed by atoms with Gasteiger partial charge in [-0.15, -0.1) is 0 Å². The van der Waals surface area contributed by atoms with E-state index in [9.17, 15) is 14.4 Å². The van der Waals surface area contributed by atoms with Gasteiger partial charge in [-0.2, -0.15) is 0 Å². The molecule has 0 aliphatic heterocycles. The Hall–Kier alpha value is -2.37. The Bertz CT molecular complexity index is 528. The van der Waals surface area contributed by atoms with Gasteiger partial charge in [0.05, 0.1) is 12.0 Å². The molecule has 0 spiro atoms. The van der Waals surface area contributed by atoms with E-state index >= 15 is 0 Å². The molecule has 0 saturated heterocycles. The first-order valence-corrected chi connectivity index (χ1v) is 6.52. The summed E-state index contributed by atoms with van der Waals surface area (Å²) < 4.78 is 5.22. The van der Waals surface area contributed by atoms with Crippen LogP contribution in [-0.2, 0) is 14.3 Å². The summed E-state index contributed by atoms with van der Waals surface area (Å²) in [6, 6.07) is 6.22. The van der Waals surface area contributed by atoms with E-state index in [0.717, 1.165) is 0 Å². The second kappa shape index (κ2) is 6.88. The Morgan fingerprint density at radius 1 is 1.10 bits per heavy atom. The molecule has 1 aromatic carbocycles. The van der Waals surface area contributed by atoms with Gasteiger partial charge in [0.15, 0.2) is 0 Å². The van der Waals surface area contributed by atoms with Gasteiger partial charge in [0.2, 0.25) is 5.91 Å². The summed E-state index contributed by atoms with van der Waals surface area (Å²) in [4.78, 5) is 33.6.